The molecule has 2 heterocycles. The Hall–Kier alpha value is -9.64. The Morgan fingerprint density at radius 1 is 0.284 bits per heavy atom. The second-order valence-corrected chi connectivity index (χ2v) is 23.9. The van der Waals surface area contributed by atoms with Gasteiger partial charge in [-0.15, -0.1) is 0 Å². The number of nitrogens with zero attached hydrogens (tertiary/aromatic N) is 2. The van der Waals surface area contributed by atoms with Crippen molar-refractivity contribution in [2.24, 2.45) is 0 Å². The molecule has 0 bridgehead atoms. The molecule has 1 aliphatic carbocycles. The first kappa shape index (κ1) is 48.5. The standard InChI is InChI=1S/C77H60N2O2/c1-75(2,3)61-43-23-39-57-59-41-25-45-65(73(59)80-71(57)61)78(51-31-15-9-16-32-51)67-47-63-69(55-37-21-19-35-53(55)67)70-56-38-22-20-36-54(56)68(48-64(70)77(63,49-27-11-7-12-28-49)50-29-13-8-14-30-50)79(52-33-17-10-18-34-52)66-46-26-42-60-58-40-24-44-62(76(4,5)6)72(58)81-74(60)66/h7-48H,1-6H3. The van der Waals surface area contributed by atoms with Crippen LogP contribution in [0.15, 0.2) is 264 Å². The summed E-state index contributed by atoms with van der Waals surface area (Å²) in [4.78, 5) is 4.90. The Morgan fingerprint density at radius 2 is 0.593 bits per heavy atom. The minimum absolute atomic E-state index is 0.130. The molecular weight excluding hydrogens is 985 g/mol. The zero-order valence-electron chi connectivity index (χ0n) is 46.5. The molecule has 4 heteroatoms. The normalized spacial score (nSPS) is 13.2. The van der Waals surface area contributed by atoms with Crippen molar-refractivity contribution in [3.63, 3.8) is 0 Å². The van der Waals surface area contributed by atoms with Crippen LogP contribution < -0.4 is 9.80 Å². The monoisotopic (exact) mass is 1040 g/mol. The van der Waals surface area contributed by atoms with E-state index in [9.17, 15) is 0 Å². The Labute approximate surface area is 472 Å². The molecule has 0 saturated carbocycles. The molecule has 0 atom stereocenters. The van der Waals surface area contributed by atoms with Crippen LogP contribution >= 0.6 is 0 Å². The predicted molar refractivity (Wildman–Crippen MR) is 340 cm³/mol. The lowest BCUT2D eigenvalue weighted by Crippen LogP contribution is -2.29. The van der Waals surface area contributed by atoms with Crippen LogP contribution in [0.2, 0.25) is 0 Å². The van der Waals surface area contributed by atoms with E-state index >= 15 is 0 Å². The average Bonchev–Trinajstić information content (AvgIpc) is 2.82. The van der Waals surface area contributed by atoms with Gasteiger partial charge in [-0.2, -0.15) is 0 Å². The van der Waals surface area contributed by atoms with Gasteiger partial charge in [0.1, 0.15) is 11.2 Å². The smallest absolute Gasteiger partial charge is 0.159 e. The topological polar surface area (TPSA) is 32.8 Å². The fourth-order valence-electron chi connectivity index (χ4n) is 13.6. The second kappa shape index (κ2) is 18.2. The number of hydrogen-bond donors (Lipinski definition) is 0. The third-order valence-corrected chi connectivity index (χ3v) is 17.1. The Kier molecular flexibility index (Phi) is 10.9. The minimum atomic E-state index is -0.824. The van der Waals surface area contributed by atoms with Crippen LogP contribution in [0.25, 0.3) is 76.5 Å². The quantitative estimate of drug-likeness (QED) is 0.152. The summed E-state index contributed by atoms with van der Waals surface area (Å²) < 4.78 is 14.5. The van der Waals surface area contributed by atoms with Gasteiger partial charge in [-0.1, -0.05) is 248 Å². The first-order valence-electron chi connectivity index (χ1n) is 28.3. The maximum atomic E-state index is 7.27. The molecule has 0 radical (unpaired) electrons. The van der Waals surface area contributed by atoms with Crippen LogP contribution in [-0.4, -0.2) is 0 Å². The molecule has 0 N–H and O–H groups in total. The van der Waals surface area contributed by atoms with Crippen LogP contribution in [0.4, 0.5) is 34.1 Å². The summed E-state index contributed by atoms with van der Waals surface area (Å²) in [6, 6.07) is 93.8. The largest absolute Gasteiger partial charge is 0.454 e. The molecule has 0 amide bonds. The lowest BCUT2D eigenvalue weighted by Gasteiger charge is -2.36. The van der Waals surface area contributed by atoms with Gasteiger partial charge in [-0.25, -0.2) is 0 Å². The van der Waals surface area contributed by atoms with E-state index in [4.69, 9.17) is 8.83 Å². The predicted octanol–water partition coefficient (Wildman–Crippen LogP) is 21.7. The number of fused-ring (bicyclic) bond motifs is 13. The molecule has 0 aliphatic heterocycles. The summed E-state index contributed by atoms with van der Waals surface area (Å²) in [7, 11) is 0. The lowest BCUT2D eigenvalue weighted by molar-refractivity contribution is 0.572. The number of para-hydroxylation sites is 6. The number of hydrogen-bond acceptors (Lipinski definition) is 4. The molecule has 81 heavy (non-hydrogen) atoms. The highest BCUT2D eigenvalue weighted by atomic mass is 16.3. The molecule has 2 aromatic heterocycles. The first-order valence-corrected chi connectivity index (χ1v) is 28.3. The first-order chi connectivity index (χ1) is 39.5. The molecule has 1 aliphatic rings. The number of rotatable bonds is 8. The van der Waals surface area contributed by atoms with Crippen LogP contribution in [-0.2, 0) is 16.2 Å². The van der Waals surface area contributed by atoms with Gasteiger partial charge in [-0.05, 0) is 104 Å². The van der Waals surface area contributed by atoms with Crippen LogP contribution in [0.3, 0.4) is 0 Å². The summed E-state index contributed by atoms with van der Waals surface area (Å²) in [5, 5.41) is 9.03. The van der Waals surface area contributed by atoms with Crippen LogP contribution in [0.1, 0.15) is 74.9 Å². The van der Waals surface area contributed by atoms with E-state index in [0.29, 0.717) is 0 Å². The molecule has 15 rings (SSSR count). The van der Waals surface area contributed by atoms with Crippen molar-refractivity contribution < 1.29 is 8.83 Å². The molecule has 0 saturated heterocycles. The van der Waals surface area contributed by atoms with Gasteiger partial charge < -0.3 is 18.6 Å². The van der Waals surface area contributed by atoms with E-state index < -0.39 is 5.41 Å². The van der Waals surface area contributed by atoms with E-state index in [-0.39, 0.29) is 10.8 Å². The lowest BCUT2D eigenvalue weighted by atomic mass is 9.67. The highest BCUT2D eigenvalue weighted by molar-refractivity contribution is 6.20. The zero-order chi connectivity index (χ0) is 54.8. The van der Waals surface area contributed by atoms with Gasteiger partial charge in [0.2, 0.25) is 0 Å². The van der Waals surface area contributed by atoms with Crippen molar-refractivity contribution in [2.75, 3.05) is 9.80 Å². The molecule has 4 nitrogen and oxygen atoms in total. The highest BCUT2D eigenvalue weighted by Gasteiger charge is 2.49. The summed E-state index contributed by atoms with van der Waals surface area (Å²) in [5.41, 5.74) is 18.2. The van der Waals surface area contributed by atoms with E-state index in [1.165, 1.54) is 55.3 Å². The summed E-state index contributed by atoms with van der Waals surface area (Å²) in [6.45, 7) is 13.6. The fraction of sp³-hybridized carbons (Fsp3) is 0.117. The molecular formula is C77H60N2O2. The fourth-order valence-corrected chi connectivity index (χ4v) is 13.6. The van der Waals surface area contributed by atoms with Gasteiger partial charge in [0, 0.05) is 54.8 Å². The van der Waals surface area contributed by atoms with Gasteiger partial charge >= 0.3 is 0 Å². The number of benzene rings is 12. The van der Waals surface area contributed by atoms with Crippen LogP contribution in [0.5, 0.6) is 0 Å². The van der Waals surface area contributed by atoms with E-state index in [1.54, 1.807) is 0 Å². The second-order valence-electron chi connectivity index (χ2n) is 23.9. The van der Waals surface area contributed by atoms with Crippen LogP contribution in [0, 0.1) is 0 Å². The summed E-state index contributed by atoms with van der Waals surface area (Å²) >= 11 is 0. The van der Waals surface area contributed by atoms with E-state index in [1.807, 2.05) is 0 Å². The van der Waals surface area contributed by atoms with Gasteiger partial charge in [-0.3, -0.25) is 0 Å². The summed E-state index contributed by atoms with van der Waals surface area (Å²) in [5.74, 6) is 0. The molecule has 14 aromatic rings. The third-order valence-electron chi connectivity index (χ3n) is 17.1. The Morgan fingerprint density at radius 3 is 0.963 bits per heavy atom. The molecule has 0 unspecified atom stereocenters. The van der Waals surface area contributed by atoms with Crippen molar-refractivity contribution in [2.45, 2.75) is 57.8 Å². The molecule has 12 aromatic carbocycles. The van der Waals surface area contributed by atoms with E-state index in [0.717, 1.165) is 88.8 Å². The van der Waals surface area contributed by atoms with Crippen molar-refractivity contribution >= 4 is 99.5 Å². The third kappa shape index (κ3) is 7.29. The SMILES string of the molecule is CC(C)(C)c1cccc2c1oc1c(N(c3ccccc3)c3cc4c(c5ccccc35)-c3c(cc(N(c5ccccc5)c5cccc6c5oc5c(C(C)(C)C)cccc56)c5ccccc35)C4(c3ccccc3)c3ccccc3)cccc12. The molecule has 0 fully saturated rings. The van der Waals surface area contributed by atoms with Crippen molar-refractivity contribution in [1.29, 1.82) is 0 Å². The number of anilines is 6. The Bertz CT molecular complexity index is 4460. The zero-order valence-corrected chi connectivity index (χ0v) is 46.5. The average molecular weight is 1050 g/mol. The van der Waals surface area contributed by atoms with Gasteiger partial charge in [0.05, 0.1) is 28.2 Å². The van der Waals surface area contributed by atoms with Crippen molar-refractivity contribution in [3.05, 3.63) is 288 Å². The Balaban J connectivity index is 1.08. The van der Waals surface area contributed by atoms with Crippen molar-refractivity contribution in [1.82, 2.24) is 0 Å². The minimum Gasteiger partial charge on any atom is -0.454 e. The van der Waals surface area contributed by atoms with Gasteiger partial charge in [0.25, 0.3) is 0 Å². The van der Waals surface area contributed by atoms with E-state index in [2.05, 4.69) is 306 Å². The van der Waals surface area contributed by atoms with Crippen molar-refractivity contribution in [3.8, 4) is 11.1 Å². The molecule has 0 spiro atoms. The summed E-state index contributed by atoms with van der Waals surface area (Å²) in [6.07, 6.45) is 0. The molecule has 390 valence electrons. The number of furan rings is 2. The maximum Gasteiger partial charge on any atom is 0.159 e. The highest BCUT2D eigenvalue weighted by Crippen LogP contribution is 2.63. The van der Waals surface area contributed by atoms with Gasteiger partial charge in [0.15, 0.2) is 11.2 Å². The maximum absolute atomic E-state index is 7.27.